The first kappa shape index (κ1) is 25.9. The Kier molecular flexibility index (Phi) is 6.92. The van der Waals surface area contributed by atoms with Crippen molar-refractivity contribution in [2.75, 3.05) is 0 Å². The Labute approximate surface area is 214 Å². The van der Waals surface area contributed by atoms with Crippen molar-refractivity contribution in [2.24, 2.45) is 29.6 Å². The monoisotopic (exact) mass is 519 g/mol. The summed E-state index contributed by atoms with van der Waals surface area (Å²) in [4.78, 5) is 36.3. The number of ether oxygens (including phenoxy) is 3. The number of alkyl halides is 2. The van der Waals surface area contributed by atoms with Crippen LogP contribution in [-0.2, 0) is 14.3 Å². The normalized spacial score (nSPS) is 32.0. The number of hydrogen-bond donors (Lipinski definition) is 0. The van der Waals surface area contributed by atoms with Gasteiger partial charge in [-0.2, -0.15) is 8.78 Å². The van der Waals surface area contributed by atoms with Crippen molar-refractivity contribution < 1.29 is 42.5 Å². The largest absolute Gasteiger partial charge is 0.544 e. The molecule has 5 rings (SSSR count). The lowest BCUT2D eigenvalue weighted by atomic mass is 9.74. The zero-order valence-electron chi connectivity index (χ0n) is 21.0. The Morgan fingerprint density at radius 3 is 2.35 bits per heavy atom. The highest BCUT2D eigenvalue weighted by molar-refractivity contribution is 5.90. The molecule has 4 aliphatic carbocycles. The van der Waals surface area contributed by atoms with Gasteiger partial charge in [-0.15, -0.1) is 0 Å². The van der Waals surface area contributed by atoms with Gasteiger partial charge >= 0.3 is 18.0 Å². The summed E-state index contributed by atoms with van der Waals surface area (Å²) in [6.07, 6.45) is 5.58. The number of benzene rings is 1. The maximum Gasteiger partial charge on any atom is 0.514 e. The van der Waals surface area contributed by atoms with Gasteiger partial charge < -0.3 is 24.1 Å². The third kappa shape index (κ3) is 4.93. The lowest BCUT2D eigenvalue weighted by Crippen LogP contribution is -2.54. The smallest absolute Gasteiger partial charge is 0.514 e. The summed E-state index contributed by atoms with van der Waals surface area (Å²) in [5.41, 5.74) is -0.613. The van der Waals surface area contributed by atoms with E-state index >= 15 is 0 Å². The third-order valence-corrected chi connectivity index (χ3v) is 9.30. The predicted octanol–water partition coefficient (Wildman–Crippen LogP) is 4.91. The van der Waals surface area contributed by atoms with Crippen LogP contribution in [0.4, 0.5) is 13.6 Å². The van der Waals surface area contributed by atoms with Gasteiger partial charge in [0.2, 0.25) is 0 Å². The molecule has 4 saturated carbocycles. The number of aliphatic carboxylic acids is 1. The summed E-state index contributed by atoms with van der Waals surface area (Å²) >= 11 is 0. The van der Waals surface area contributed by atoms with Crippen molar-refractivity contribution in [1.29, 1.82) is 0 Å². The van der Waals surface area contributed by atoms with E-state index in [1.54, 1.807) is 0 Å². The lowest BCUT2D eigenvalue weighted by Gasteiger charge is -2.39. The van der Waals surface area contributed by atoms with Gasteiger partial charge in [-0.05, 0) is 87.5 Å². The van der Waals surface area contributed by atoms with Gasteiger partial charge in [0.15, 0.2) is 6.10 Å². The molecule has 1 aromatic carbocycles. The molecule has 0 amide bonds. The summed E-state index contributed by atoms with van der Waals surface area (Å²) in [6, 6.07) is 5.26. The van der Waals surface area contributed by atoms with Crippen molar-refractivity contribution in [1.82, 2.24) is 0 Å². The van der Waals surface area contributed by atoms with Gasteiger partial charge in [0.25, 0.3) is 0 Å². The summed E-state index contributed by atoms with van der Waals surface area (Å²) in [5.74, 6) is -6.26. The molecule has 0 aromatic heterocycles. The van der Waals surface area contributed by atoms with Gasteiger partial charge in [0.05, 0.1) is 5.56 Å². The molecule has 0 saturated heterocycles. The summed E-state index contributed by atoms with van der Waals surface area (Å²) in [6.45, 7) is 1.98. The molecule has 4 fully saturated rings. The Morgan fingerprint density at radius 2 is 1.68 bits per heavy atom. The van der Waals surface area contributed by atoms with E-state index in [0.717, 1.165) is 25.2 Å². The van der Waals surface area contributed by atoms with Crippen molar-refractivity contribution in [3.63, 3.8) is 0 Å². The zero-order chi connectivity index (χ0) is 26.4. The number of rotatable bonds is 7. The molecular weight excluding hydrogens is 486 g/mol. The van der Waals surface area contributed by atoms with Crippen LogP contribution in [0.5, 0.6) is 5.75 Å². The van der Waals surface area contributed by atoms with Crippen LogP contribution in [-0.4, -0.2) is 35.7 Å². The summed E-state index contributed by atoms with van der Waals surface area (Å²) in [5, 5.41) is 11.1. The first-order chi connectivity index (χ1) is 17.6. The van der Waals surface area contributed by atoms with Crippen molar-refractivity contribution >= 4 is 18.1 Å². The van der Waals surface area contributed by atoms with Crippen LogP contribution in [0.1, 0.15) is 81.5 Å². The number of carbonyl (C=O) groups excluding carboxylic acids is 3. The van der Waals surface area contributed by atoms with E-state index in [-0.39, 0.29) is 11.3 Å². The molecule has 6 unspecified atom stereocenters. The van der Waals surface area contributed by atoms with Crippen LogP contribution < -0.4 is 9.84 Å². The van der Waals surface area contributed by atoms with Crippen LogP contribution in [0.3, 0.4) is 0 Å². The Bertz CT molecular complexity index is 1040. The molecule has 9 heteroatoms. The molecule has 7 nitrogen and oxygen atoms in total. The topological polar surface area (TPSA) is 102 Å². The lowest BCUT2D eigenvalue weighted by molar-refractivity contribution is -0.337. The minimum Gasteiger partial charge on any atom is -0.544 e. The van der Waals surface area contributed by atoms with Crippen molar-refractivity contribution in [2.45, 2.75) is 88.8 Å². The first-order valence-corrected chi connectivity index (χ1v) is 13.4. The van der Waals surface area contributed by atoms with E-state index in [9.17, 15) is 28.3 Å². The quantitative estimate of drug-likeness (QED) is 0.373. The fraction of sp³-hybridized carbons (Fsp3) is 0.679. The standard InChI is InChI=1S/C28H34F2O7/c1-27(15-18-14-22(27)21-9-5-8-20(18)21)37-26(34)35-19-12-10-17(11-13-19)24(31)36-23(28(29,30)25(32)33)16-6-3-2-4-7-16/h10-13,16,18,20-23H,2-9,14-15H2,1H3,(H,32,33)/p-1. The van der Waals surface area contributed by atoms with E-state index in [2.05, 4.69) is 0 Å². The summed E-state index contributed by atoms with van der Waals surface area (Å²) in [7, 11) is 0. The maximum absolute atomic E-state index is 14.4. The molecule has 0 N–H and O–H groups in total. The Balaban J connectivity index is 1.20. The fourth-order valence-corrected chi connectivity index (χ4v) is 7.67. The summed E-state index contributed by atoms with van der Waals surface area (Å²) < 4.78 is 45.0. The van der Waals surface area contributed by atoms with E-state index < -0.39 is 41.6 Å². The van der Waals surface area contributed by atoms with Gasteiger partial charge in [0, 0.05) is 11.8 Å². The predicted molar refractivity (Wildman–Crippen MR) is 125 cm³/mol. The molecule has 1 aromatic rings. The van der Waals surface area contributed by atoms with E-state index in [4.69, 9.17) is 14.2 Å². The van der Waals surface area contributed by atoms with E-state index in [1.165, 1.54) is 43.5 Å². The number of carboxylic acid groups (broad SMARTS) is 1. The number of hydrogen-bond acceptors (Lipinski definition) is 7. The van der Waals surface area contributed by atoms with Crippen LogP contribution in [0.15, 0.2) is 24.3 Å². The number of fused-ring (bicyclic) bond motifs is 5. The van der Waals surface area contributed by atoms with Gasteiger partial charge in [0.1, 0.15) is 17.3 Å². The minimum atomic E-state index is -4.31. The average Bonchev–Trinajstić information content (AvgIpc) is 3.55. The molecule has 6 atom stereocenters. The molecule has 0 aliphatic heterocycles. The second-order valence-electron chi connectivity index (χ2n) is 11.5. The highest BCUT2D eigenvalue weighted by atomic mass is 19.3. The molecule has 0 radical (unpaired) electrons. The van der Waals surface area contributed by atoms with Crippen LogP contribution in [0, 0.1) is 29.6 Å². The third-order valence-electron chi connectivity index (χ3n) is 9.30. The molecule has 202 valence electrons. The zero-order valence-corrected chi connectivity index (χ0v) is 21.0. The second kappa shape index (κ2) is 9.87. The van der Waals surface area contributed by atoms with Crippen LogP contribution in [0.2, 0.25) is 0 Å². The molecule has 2 bridgehead atoms. The molecule has 0 spiro atoms. The molecule has 4 aliphatic rings. The number of carbonyl (C=O) groups is 3. The fourth-order valence-electron chi connectivity index (χ4n) is 7.67. The highest BCUT2D eigenvalue weighted by Gasteiger charge is 2.61. The number of carboxylic acids is 1. The number of halogens is 2. The SMILES string of the molecule is CC1(OC(=O)Oc2ccc(C(=O)OC(C3CCCCC3)C(F)(F)C(=O)[O-])cc2)CC2CC1C1CCCC21. The highest BCUT2D eigenvalue weighted by Crippen LogP contribution is 2.63. The van der Waals surface area contributed by atoms with Gasteiger partial charge in [-0.3, -0.25) is 0 Å². The first-order valence-electron chi connectivity index (χ1n) is 13.4. The van der Waals surface area contributed by atoms with Gasteiger partial charge in [-0.1, -0.05) is 25.7 Å². The van der Waals surface area contributed by atoms with E-state index in [0.29, 0.717) is 43.4 Å². The van der Waals surface area contributed by atoms with Gasteiger partial charge in [-0.25, -0.2) is 9.59 Å². The maximum atomic E-state index is 14.4. The van der Waals surface area contributed by atoms with Crippen molar-refractivity contribution in [3.05, 3.63) is 29.8 Å². The average molecular weight is 520 g/mol. The Morgan fingerprint density at radius 1 is 1.00 bits per heavy atom. The van der Waals surface area contributed by atoms with Crippen LogP contribution in [0.25, 0.3) is 0 Å². The molecule has 0 heterocycles. The minimum absolute atomic E-state index is 0.0667. The van der Waals surface area contributed by atoms with E-state index in [1.807, 2.05) is 6.92 Å². The number of esters is 1. The van der Waals surface area contributed by atoms with Crippen molar-refractivity contribution in [3.8, 4) is 5.75 Å². The molecule has 37 heavy (non-hydrogen) atoms. The molecular formula is C28H33F2O7-. The second-order valence-corrected chi connectivity index (χ2v) is 11.5. The Hall–Kier alpha value is -2.71. The van der Waals surface area contributed by atoms with Crippen LogP contribution >= 0.6 is 0 Å².